The molecule has 24 rings (SSSR count). The minimum Gasteiger partial charge on any atom is -0.166 e. The predicted molar refractivity (Wildman–Crippen MR) is 548 cm³/mol. The van der Waals surface area contributed by atoms with E-state index in [2.05, 4.69) is 12.1 Å². The van der Waals surface area contributed by atoms with Crippen LogP contribution in [0.2, 0.25) is 0 Å². The molecule has 0 bridgehead atoms. The summed E-state index contributed by atoms with van der Waals surface area (Å²) in [6.07, 6.45) is -27.9. The number of hydrogen-bond donors (Lipinski definition) is 0. The zero-order valence-corrected chi connectivity index (χ0v) is 75.4. The molecular formula is C126H72F18. The fraction of sp³-hybridized carbons (Fsp3) is 0.0476. The summed E-state index contributed by atoms with van der Waals surface area (Å²) in [6.45, 7) is 0. The molecule has 0 saturated heterocycles. The first-order valence-electron chi connectivity index (χ1n) is 46.0. The smallest absolute Gasteiger partial charge is 0.166 e. The first kappa shape index (κ1) is 92.2. The summed E-state index contributed by atoms with van der Waals surface area (Å²) in [6, 6.07) is 125. The average Bonchev–Trinajstić information content (AvgIpc) is 0.722. The van der Waals surface area contributed by atoms with Gasteiger partial charge in [0, 0.05) is 0 Å². The Hall–Kier alpha value is -16.9. The largest absolute Gasteiger partial charge is 0.416 e. The van der Waals surface area contributed by atoms with Crippen LogP contribution >= 0.6 is 0 Å². The van der Waals surface area contributed by atoms with Gasteiger partial charge in [-0.15, -0.1) is 0 Å². The Morgan fingerprint density at radius 2 is 0.299 bits per heavy atom. The third-order valence-corrected chi connectivity index (χ3v) is 27.3. The molecule has 0 radical (unpaired) electrons. The zero-order valence-electron chi connectivity index (χ0n) is 75.4. The average molecular weight is 1930 g/mol. The molecule has 18 heteroatoms. The standard InChI is InChI=1S/3C42H24F6/c43-41(44,45)29-19-21-35-37(23-29)40(34-14-6-10-26-8-2-4-12-33(26)34)38-24-30(42(46,47)48)20-22-36(38)39(35)28-17-15-27(16-18-28)32-13-5-9-25-7-1-3-11-31(25)32;43-41(44,45)33-18-20-36-37(23-33)39(28-13-9-27(10-14-28)31-15-11-25-5-1-3-7-29(25)21-31)35-19-17-34(42(46,47)48)24-38(35)40(36)32-16-12-26-6-2-4-8-30(26)22-32;43-41(44,45)31-18-20-35-37(23-31)40(34-11-5-9-27-7-3-4-10-33(27)34)38-24-32(42(46,47)48)19-21-36(38)39(35)28-15-12-26(13-16-28)30-17-14-25-6-1-2-8-29(25)22-30/h3*1-24H. The highest BCUT2D eigenvalue weighted by Crippen LogP contribution is 2.54. The van der Waals surface area contributed by atoms with Crippen LogP contribution in [0.25, 0.3) is 229 Å². The minimum atomic E-state index is -4.66. The van der Waals surface area contributed by atoms with Crippen LogP contribution < -0.4 is 0 Å². The molecule has 702 valence electrons. The summed E-state index contributed by atoms with van der Waals surface area (Å²) < 4.78 is 256. The Balaban J connectivity index is 0.000000123. The molecule has 0 spiro atoms. The van der Waals surface area contributed by atoms with E-state index in [0.29, 0.717) is 110 Å². The molecule has 24 aromatic rings. The molecule has 0 amide bonds. The molecule has 0 aliphatic rings. The van der Waals surface area contributed by atoms with E-state index < -0.39 is 70.4 Å². The van der Waals surface area contributed by atoms with E-state index in [1.54, 1.807) is 24.3 Å². The monoisotopic (exact) mass is 1930 g/mol. The molecule has 0 nitrogen and oxygen atoms in total. The highest BCUT2D eigenvalue weighted by Gasteiger charge is 2.39. The van der Waals surface area contributed by atoms with Crippen LogP contribution in [0.15, 0.2) is 437 Å². The van der Waals surface area contributed by atoms with Gasteiger partial charge in [-0.25, -0.2) is 0 Å². The third-order valence-electron chi connectivity index (χ3n) is 27.3. The lowest BCUT2D eigenvalue weighted by Crippen LogP contribution is -2.06. The molecule has 0 aliphatic carbocycles. The van der Waals surface area contributed by atoms with Gasteiger partial charge in [-0.3, -0.25) is 0 Å². The number of rotatable bonds is 9. The summed E-state index contributed by atoms with van der Waals surface area (Å²) in [5.74, 6) is 0. The molecule has 0 aromatic heterocycles. The van der Waals surface area contributed by atoms with Crippen molar-refractivity contribution in [2.24, 2.45) is 0 Å². The molecule has 0 atom stereocenters. The van der Waals surface area contributed by atoms with Crippen LogP contribution in [0, 0.1) is 0 Å². The Morgan fingerprint density at radius 3 is 0.583 bits per heavy atom. The first-order valence-corrected chi connectivity index (χ1v) is 46.0. The molecule has 0 unspecified atom stereocenters. The normalized spacial score (nSPS) is 12.4. The van der Waals surface area contributed by atoms with Crippen LogP contribution in [-0.2, 0) is 37.1 Å². The molecule has 0 aliphatic heterocycles. The van der Waals surface area contributed by atoms with Gasteiger partial charge in [0.2, 0.25) is 0 Å². The molecule has 0 fully saturated rings. The van der Waals surface area contributed by atoms with Crippen molar-refractivity contribution >= 4 is 129 Å². The highest BCUT2D eigenvalue weighted by atomic mass is 19.4. The fourth-order valence-corrected chi connectivity index (χ4v) is 20.5. The lowest BCUT2D eigenvalue weighted by atomic mass is 9.83. The van der Waals surface area contributed by atoms with Crippen molar-refractivity contribution in [2.75, 3.05) is 0 Å². The first-order chi connectivity index (χ1) is 69.2. The van der Waals surface area contributed by atoms with E-state index in [1.165, 1.54) is 36.4 Å². The van der Waals surface area contributed by atoms with Crippen LogP contribution in [0.1, 0.15) is 33.4 Å². The van der Waals surface area contributed by atoms with E-state index in [4.69, 9.17) is 0 Å². The van der Waals surface area contributed by atoms with E-state index >= 15 is 0 Å². The number of halogens is 18. The van der Waals surface area contributed by atoms with Crippen LogP contribution in [0.3, 0.4) is 0 Å². The lowest BCUT2D eigenvalue weighted by Gasteiger charge is -2.21. The van der Waals surface area contributed by atoms with Crippen molar-refractivity contribution in [1.29, 1.82) is 0 Å². The van der Waals surface area contributed by atoms with Gasteiger partial charge in [0.25, 0.3) is 0 Å². The summed E-state index contributed by atoms with van der Waals surface area (Å²) >= 11 is 0. The SMILES string of the molecule is FC(F)(F)c1ccc2c(-c3ccc(-c4ccc5ccccc5c4)cc3)c3ccc(C(F)(F)F)cc3c(-c3cccc4ccccc34)c2c1.FC(F)(F)c1ccc2c(-c3ccc(-c4cccc5ccccc45)cc3)c3ccc(C(F)(F)F)cc3c(-c3cccc4ccccc34)c2c1.FC(F)(F)c1ccc2c(-c3ccc4ccccc4c3)c3cc(C(F)(F)F)ccc3c(-c3ccc(-c4ccc5ccccc5c4)cc3)c2c1. The molecular weight excluding hydrogens is 1860 g/mol. The van der Waals surface area contributed by atoms with E-state index in [1.807, 2.05) is 291 Å². The van der Waals surface area contributed by atoms with Gasteiger partial charge in [-0.05, 0) is 320 Å². The van der Waals surface area contributed by atoms with Gasteiger partial charge < -0.3 is 0 Å². The Labute approximate surface area is 810 Å². The van der Waals surface area contributed by atoms with Crippen molar-refractivity contribution in [3.05, 3.63) is 470 Å². The summed E-state index contributed by atoms with van der Waals surface area (Å²) in [4.78, 5) is 0. The zero-order chi connectivity index (χ0) is 99.6. The van der Waals surface area contributed by atoms with Crippen molar-refractivity contribution in [3.8, 4) is 100 Å². The molecule has 0 heterocycles. The Morgan fingerprint density at radius 1 is 0.104 bits per heavy atom. The third kappa shape index (κ3) is 17.3. The Bertz CT molecular complexity index is 9090. The van der Waals surface area contributed by atoms with E-state index in [0.717, 1.165) is 171 Å². The summed E-state index contributed by atoms with van der Waals surface area (Å²) in [7, 11) is 0. The lowest BCUT2D eigenvalue weighted by molar-refractivity contribution is -0.138. The quantitative estimate of drug-likeness (QED) is 0.0998. The van der Waals surface area contributed by atoms with Gasteiger partial charge in [0.05, 0.1) is 33.4 Å². The maximum Gasteiger partial charge on any atom is 0.416 e. The predicted octanol–water partition coefficient (Wildman–Crippen LogP) is 40.0. The van der Waals surface area contributed by atoms with E-state index in [9.17, 15) is 79.0 Å². The van der Waals surface area contributed by atoms with Crippen molar-refractivity contribution < 1.29 is 79.0 Å². The molecule has 0 N–H and O–H groups in total. The number of benzene rings is 24. The topological polar surface area (TPSA) is 0 Å². The summed E-state index contributed by atoms with van der Waals surface area (Å²) in [5.41, 5.74) is 6.93. The highest BCUT2D eigenvalue weighted by molar-refractivity contribution is 6.27. The van der Waals surface area contributed by atoms with E-state index in [-0.39, 0.29) is 21.5 Å². The minimum absolute atomic E-state index is 0.223. The molecule has 24 aromatic carbocycles. The fourth-order valence-electron chi connectivity index (χ4n) is 20.5. The second-order valence-electron chi connectivity index (χ2n) is 35.8. The maximum absolute atomic E-state index is 14.2. The van der Waals surface area contributed by atoms with Crippen molar-refractivity contribution in [3.63, 3.8) is 0 Å². The van der Waals surface area contributed by atoms with Gasteiger partial charge in [-0.1, -0.05) is 346 Å². The molecule has 0 saturated carbocycles. The van der Waals surface area contributed by atoms with Crippen LogP contribution in [0.5, 0.6) is 0 Å². The second-order valence-corrected chi connectivity index (χ2v) is 35.8. The molecule has 144 heavy (non-hydrogen) atoms. The van der Waals surface area contributed by atoms with Crippen LogP contribution in [0.4, 0.5) is 79.0 Å². The van der Waals surface area contributed by atoms with Crippen LogP contribution in [-0.4, -0.2) is 0 Å². The van der Waals surface area contributed by atoms with Gasteiger partial charge in [-0.2, -0.15) is 79.0 Å². The van der Waals surface area contributed by atoms with Crippen molar-refractivity contribution in [2.45, 2.75) is 37.1 Å². The Kier molecular flexibility index (Phi) is 22.9. The van der Waals surface area contributed by atoms with Gasteiger partial charge in [0.1, 0.15) is 0 Å². The number of fused-ring (bicyclic) bond motifs is 12. The number of hydrogen-bond acceptors (Lipinski definition) is 0. The van der Waals surface area contributed by atoms with Gasteiger partial charge >= 0.3 is 37.1 Å². The number of alkyl halides is 18. The van der Waals surface area contributed by atoms with Crippen molar-refractivity contribution in [1.82, 2.24) is 0 Å². The second kappa shape index (κ2) is 35.7. The summed E-state index contributed by atoms with van der Waals surface area (Å²) in [5, 5.41) is 15.8. The maximum atomic E-state index is 14.2. The van der Waals surface area contributed by atoms with Gasteiger partial charge in [0.15, 0.2) is 0 Å².